The van der Waals surface area contributed by atoms with Gasteiger partial charge in [-0.25, -0.2) is 8.42 Å². The predicted octanol–water partition coefficient (Wildman–Crippen LogP) is 3.17. The first-order valence-electron chi connectivity index (χ1n) is 6.63. The number of nitrogens with zero attached hydrogens (tertiary/aromatic N) is 2. The summed E-state index contributed by atoms with van der Waals surface area (Å²) in [6.07, 6.45) is 6.31. The van der Waals surface area contributed by atoms with Crippen LogP contribution >= 0.6 is 15.9 Å². The Balaban J connectivity index is 2.18. The first-order valence-corrected chi connectivity index (χ1v) is 8.86. The summed E-state index contributed by atoms with van der Waals surface area (Å²) >= 11 is 3.42. The van der Waals surface area contributed by atoms with Gasteiger partial charge in [0.2, 0.25) is 10.0 Å². The number of sulfonamides is 1. The minimum absolute atomic E-state index is 0.367. The van der Waals surface area contributed by atoms with E-state index < -0.39 is 10.0 Å². The number of pyridine rings is 1. The number of rotatable bonds is 2. The van der Waals surface area contributed by atoms with Gasteiger partial charge in [0.1, 0.15) is 0 Å². The Morgan fingerprint density at radius 3 is 2.60 bits per heavy atom. The molecule has 1 aromatic carbocycles. The van der Waals surface area contributed by atoms with Crippen LogP contribution in [0.1, 0.15) is 19.3 Å². The molecular weight excluding hydrogens is 340 g/mol. The Morgan fingerprint density at radius 2 is 1.85 bits per heavy atom. The van der Waals surface area contributed by atoms with Gasteiger partial charge in [-0.15, -0.1) is 0 Å². The molecule has 0 saturated carbocycles. The Labute approximate surface area is 127 Å². The van der Waals surface area contributed by atoms with Gasteiger partial charge >= 0.3 is 0 Å². The average molecular weight is 355 g/mol. The smallest absolute Gasteiger partial charge is 0.243 e. The molecule has 0 amide bonds. The van der Waals surface area contributed by atoms with Crippen molar-refractivity contribution >= 4 is 36.7 Å². The molecule has 106 valence electrons. The van der Waals surface area contributed by atoms with Gasteiger partial charge in [0.05, 0.1) is 4.90 Å². The Morgan fingerprint density at radius 1 is 1.10 bits per heavy atom. The zero-order valence-corrected chi connectivity index (χ0v) is 13.3. The van der Waals surface area contributed by atoms with Crippen molar-refractivity contribution in [2.75, 3.05) is 13.1 Å². The number of fused-ring (bicyclic) bond motifs is 1. The molecule has 2 heterocycles. The van der Waals surface area contributed by atoms with Crippen molar-refractivity contribution in [1.82, 2.24) is 9.29 Å². The van der Waals surface area contributed by atoms with Crippen molar-refractivity contribution in [2.24, 2.45) is 0 Å². The summed E-state index contributed by atoms with van der Waals surface area (Å²) in [5, 5.41) is 1.55. The minimum Gasteiger partial charge on any atom is -0.263 e. The van der Waals surface area contributed by atoms with E-state index in [1.54, 1.807) is 28.8 Å². The molecule has 3 rings (SSSR count). The molecule has 1 aliphatic rings. The zero-order valence-electron chi connectivity index (χ0n) is 10.9. The molecule has 0 bridgehead atoms. The van der Waals surface area contributed by atoms with Crippen LogP contribution in [0.2, 0.25) is 0 Å². The number of hydrogen-bond acceptors (Lipinski definition) is 3. The molecule has 1 aliphatic heterocycles. The largest absolute Gasteiger partial charge is 0.263 e. The summed E-state index contributed by atoms with van der Waals surface area (Å²) < 4.78 is 28.0. The molecule has 1 fully saturated rings. The Hall–Kier alpha value is -0.980. The lowest BCUT2D eigenvalue weighted by molar-refractivity contribution is 0.347. The first-order chi connectivity index (χ1) is 9.60. The fourth-order valence-corrected chi connectivity index (χ4v) is 5.06. The number of hydrogen-bond donors (Lipinski definition) is 0. The van der Waals surface area contributed by atoms with E-state index in [4.69, 9.17) is 0 Å². The summed E-state index contributed by atoms with van der Waals surface area (Å²) in [5.74, 6) is 0. The lowest BCUT2D eigenvalue weighted by Gasteiger charge is -2.26. The van der Waals surface area contributed by atoms with Crippen LogP contribution in [0.5, 0.6) is 0 Å². The minimum atomic E-state index is -3.44. The van der Waals surface area contributed by atoms with Gasteiger partial charge in [-0.3, -0.25) is 4.98 Å². The van der Waals surface area contributed by atoms with Crippen molar-refractivity contribution in [1.29, 1.82) is 0 Å². The van der Waals surface area contributed by atoms with Gasteiger partial charge in [0, 0.05) is 40.7 Å². The molecule has 0 radical (unpaired) electrons. The average Bonchev–Trinajstić information content (AvgIpc) is 2.48. The van der Waals surface area contributed by atoms with Gasteiger partial charge in [0.25, 0.3) is 0 Å². The van der Waals surface area contributed by atoms with Crippen molar-refractivity contribution in [2.45, 2.75) is 24.2 Å². The lowest BCUT2D eigenvalue weighted by Crippen LogP contribution is -2.35. The van der Waals surface area contributed by atoms with E-state index in [1.807, 2.05) is 6.07 Å². The SMILES string of the molecule is O=S(=O)(c1cccc2cncc(Br)c12)N1CCCCC1. The summed E-state index contributed by atoms with van der Waals surface area (Å²) in [6.45, 7) is 1.23. The van der Waals surface area contributed by atoms with Gasteiger partial charge in [-0.05, 0) is 34.8 Å². The van der Waals surface area contributed by atoms with Gasteiger partial charge in [-0.2, -0.15) is 4.31 Å². The monoisotopic (exact) mass is 354 g/mol. The van der Waals surface area contributed by atoms with Crippen LogP contribution in [0.3, 0.4) is 0 Å². The van der Waals surface area contributed by atoms with E-state index in [0.29, 0.717) is 27.8 Å². The fourth-order valence-electron chi connectivity index (χ4n) is 2.62. The molecule has 20 heavy (non-hydrogen) atoms. The quantitative estimate of drug-likeness (QED) is 0.832. The van der Waals surface area contributed by atoms with E-state index in [2.05, 4.69) is 20.9 Å². The maximum Gasteiger partial charge on any atom is 0.243 e. The second-order valence-electron chi connectivity index (χ2n) is 4.94. The van der Waals surface area contributed by atoms with E-state index in [1.165, 1.54) is 0 Å². The predicted molar refractivity (Wildman–Crippen MR) is 82.1 cm³/mol. The summed E-state index contributed by atoms with van der Waals surface area (Å²) in [4.78, 5) is 4.46. The molecule has 0 unspecified atom stereocenters. The third kappa shape index (κ3) is 2.36. The van der Waals surface area contributed by atoms with Crippen molar-refractivity contribution in [3.63, 3.8) is 0 Å². The Kier molecular flexibility index (Phi) is 3.79. The number of piperidine rings is 1. The highest BCUT2D eigenvalue weighted by molar-refractivity contribution is 9.10. The molecule has 0 atom stereocenters. The third-order valence-corrected chi connectivity index (χ3v) is 6.17. The van der Waals surface area contributed by atoms with Crippen LogP contribution in [0, 0.1) is 0 Å². The van der Waals surface area contributed by atoms with Crippen molar-refractivity contribution < 1.29 is 8.42 Å². The topological polar surface area (TPSA) is 50.3 Å². The number of benzene rings is 1. The van der Waals surface area contributed by atoms with Crippen LogP contribution in [0.4, 0.5) is 0 Å². The van der Waals surface area contributed by atoms with Crippen LogP contribution in [-0.4, -0.2) is 30.8 Å². The van der Waals surface area contributed by atoms with Crippen molar-refractivity contribution in [3.05, 3.63) is 35.1 Å². The van der Waals surface area contributed by atoms with Crippen LogP contribution in [0.25, 0.3) is 10.8 Å². The highest BCUT2D eigenvalue weighted by atomic mass is 79.9. The molecule has 6 heteroatoms. The van der Waals surface area contributed by atoms with Gasteiger partial charge in [-0.1, -0.05) is 18.6 Å². The fraction of sp³-hybridized carbons (Fsp3) is 0.357. The maximum absolute atomic E-state index is 12.8. The zero-order chi connectivity index (χ0) is 14.2. The highest BCUT2D eigenvalue weighted by Gasteiger charge is 2.28. The number of halogens is 1. The first kappa shape index (κ1) is 14.0. The summed E-state index contributed by atoms with van der Waals surface area (Å²) in [5.41, 5.74) is 0. The van der Waals surface area contributed by atoms with Crippen molar-refractivity contribution in [3.8, 4) is 0 Å². The molecule has 0 aliphatic carbocycles. The van der Waals surface area contributed by atoms with E-state index in [-0.39, 0.29) is 0 Å². The molecular formula is C14H15BrN2O2S. The van der Waals surface area contributed by atoms with Crippen LogP contribution < -0.4 is 0 Å². The molecule has 1 aromatic heterocycles. The standard InChI is InChI=1S/C14H15BrN2O2S/c15-12-10-16-9-11-5-4-6-13(14(11)12)20(18,19)17-7-2-1-3-8-17/h4-6,9-10H,1-3,7-8H2. The summed E-state index contributed by atoms with van der Waals surface area (Å²) in [7, 11) is -3.44. The normalized spacial score (nSPS) is 17.4. The van der Waals surface area contributed by atoms with E-state index in [9.17, 15) is 8.42 Å². The van der Waals surface area contributed by atoms with Gasteiger partial charge < -0.3 is 0 Å². The van der Waals surface area contributed by atoms with Gasteiger partial charge in [0.15, 0.2) is 0 Å². The van der Waals surface area contributed by atoms with E-state index >= 15 is 0 Å². The molecule has 0 spiro atoms. The second kappa shape index (κ2) is 5.42. The third-order valence-electron chi connectivity index (χ3n) is 3.63. The second-order valence-corrected chi connectivity index (χ2v) is 7.70. The highest BCUT2D eigenvalue weighted by Crippen LogP contribution is 2.31. The number of aromatic nitrogens is 1. The summed E-state index contributed by atoms with van der Waals surface area (Å²) in [6, 6.07) is 5.33. The lowest BCUT2D eigenvalue weighted by atomic mass is 10.2. The molecule has 1 saturated heterocycles. The maximum atomic E-state index is 12.8. The molecule has 4 nitrogen and oxygen atoms in total. The Bertz CT molecular complexity index is 735. The van der Waals surface area contributed by atoms with E-state index in [0.717, 1.165) is 24.6 Å². The molecule has 0 N–H and O–H groups in total. The molecule has 2 aromatic rings. The van der Waals surface area contributed by atoms with Crippen LogP contribution in [-0.2, 0) is 10.0 Å². The van der Waals surface area contributed by atoms with Crippen LogP contribution in [0.15, 0.2) is 40.0 Å².